The van der Waals surface area contributed by atoms with E-state index in [1.54, 1.807) is 0 Å². The number of pyridine rings is 1. The van der Waals surface area contributed by atoms with E-state index >= 15 is 0 Å². The van der Waals surface area contributed by atoms with Crippen molar-refractivity contribution in [3.8, 4) is 0 Å². The Morgan fingerprint density at radius 1 is 1.50 bits per heavy atom. The number of alkyl halides is 2. The highest BCUT2D eigenvalue weighted by Crippen LogP contribution is 2.28. The van der Waals surface area contributed by atoms with Gasteiger partial charge in [0.15, 0.2) is 11.6 Å². The first-order chi connectivity index (χ1) is 7.58. The van der Waals surface area contributed by atoms with Crippen molar-refractivity contribution in [2.24, 2.45) is 5.92 Å². The van der Waals surface area contributed by atoms with Crippen LogP contribution in [0, 0.1) is 11.7 Å². The molecule has 0 amide bonds. The zero-order valence-electron chi connectivity index (χ0n) is 8.34. The number of anilines is 1. The Morgan fingerprint density at radius 3 is 2.81 bits per heavy atom. The summed E-state index contributed by atoms with van der Waals surface area (Å²) in [4.78, 5) is 5.36. The molecule has 1 aromatic rings. The molecule has 0 bridgehead atoms. The molecule has 2 rings (SSSR count). The molecule has 0 aromatic carbocycles. The summed E-state index contributed by atoms with van der Waals surface area (Å²) in [5, 5.41) is 0.200. The first kappa shape index (κ1) is 11.5. The highest BCUT2D eigenvalue weighted by atomic mass is 35.5. The summed E-state index contributed by atoms with van der Waals surface area (Å²) in [6.07, 6.45) is -0.683. The average Bonchev–Trinajstić information content (AvgIpc) is 2.66. The molecule has 2 heterocycles. The quantitative estimate of drug-likeness (QED) is 0.802. The maximum atomic E-state index is 13.5. The first-order valence-corrected chi connectivity index (χ1v) is 5.30. The van der Waals surface area contributed by atoms with Crippen LogP contribution >= 0.6 is 11.6 Å². The van der Waals surface area contributed by atoms with E-state index in [0.717, 1.165) is 6.07 Å². The summed E-state index contributed by atoms with van der Waals surface area (Å²) < 4.78 is 38.3. The van der Waals surface area contributed by atoms with Crippen LogP contribution in [0.3, 0.4) is 0 Å². The Morgan fingerprint density at radius 2 is 2.25 bits per heavy atom. The van der Waals surface area contributed by atoms with E-state index in [4.69, 9.17) is 11.6 Å². The van der Waals surface area contributed by atoms with Crippen molar-refractivity contribution in [3.05, 3.63) is 23.1 Å². The van der Waals surface area contributed by atoms with Crippen molar-refractivity contribution >= 4 is 17.4 Å². The van der Waals surface area contributed by atoms with Crippen molar-refractivity contribution in [1.29, 1.82) is 0 Å². The molecular weight excluding hydrogens is 241 g/mol. The zero-order chi connectivity index (χ0) is 11.7. The van der Waals surface area contributed by atoms with Crippen LogP contribution in [0.2, 0.25) is 5.02 Å². The molecule has 6 heteroatoms. The molecule has 0 N–H and O–H groups in total. The van der Waals surface area contributed by atoms with Crippen LogP contribution in [0.5, 0.6) is 0 Å². The summed E-state index contributed by atoms with van der Waals surface area (Å²) in [6, 6.07) is 1.14. The SMILES string of the molecule is Fc1cc(Cl)cnc1N1CCC(C(F)F)C1. The fourth-order valence-corrected chi connectivity index (χ4v) is 1.97. The van der Waals surface area contributed by atoms with Crippen LogP contribution in [-0.2, 0) is 0 Å². The van der Waals surface area contributed by atoms with Crippen molar-refractivity contribution in [1.82, 2.24) is 4.98 Å². The van der Waals surface area contributed by atoms with Crippen LogP contribution in [0.25, 0.3) is 0 Å². The third kappa shape index (κ3) is 2.24. The molecule has 0 radical (unpaired) electrons. The van der Waals surface area contributed by atoms with E-state index < -0.39 is 18.2 Å². The van der Waals surface area contributed by atoms with E-state index in [-0.39, 0.29) is 17.4 Å². The Kier molecular flexibility index (Phi) is 3.23. The topological polar surface area (TPSA) is 16.1 Å². The summed E-state index contributed by atoms with van der Waals surface area (Å²) in [6.45, 7) is 0.545. The third-order valence-corrected chi connectivity index (χ3v) is 2.88. The number of hydrogen-bond donors (Lipinski definition) is 0. The molecule has 2 nitrogen and oxygen atoms in total. The monoisotopic (exact) mass is 250 g/mol. The smallest absolute Gasteiger partial charge is 0.243 e. The summed E-state index contributed by atoms with van der Waals surface area (Å²) in [5.41, 5.74) is 0. The number of aromatic nitrogens is 1. The van der Waals surface area contributed by atoms with Crippen molar-refractivity contribution in [2.45, 2.75) is 12.8 Å². The number of rotatable bonds is 2. The zero-order valence-corrected chi connectivity index (χ0v) is 9.09. The molecule has 1 unspecified atom stereocenters. The normalized spacial score (nSPS) is 20.8. The molecule has 0 spiro atoms. The summed E-state index contributed by atoms with van der Waals surface area (Å²) in [5.74, 6) is -1.16. The van der Waals surface area contributed by atoms with E-state index in [0.29, 0.717) is 13.0 Å². The fraction of sp³-hybridized carbons (Fsp3) is 0.500. The molecule has 0 aliphatic carbocycles. The largest absolute Gasteiger partial charge is 0.354 e. The van der Waals surface area contributed by atoms with Gasteiger partial charge in [-0.3, -0.25) is 0 Å². The van der Waals surface area contributed by atoms with E-state index in [2.05, 4.69) is 4.98 Å². The molecular formula is C10H10ClF3N2. The van der Waals surface area contributed by atoms with Gasteiger partial charge in [-0.2, -0.15) is 0 Å². The van der Waals surface area contributed by atoms with Gasteiger partial charge in [-0.05, 0) is 12.5 Å². The van der Waals surface area contributed by atoms with Crippen molar-refractivity contribution in [2.75, 3.05) is 18.0 Å². The third-order valence-electron chi connectivity index (χ3n) is 2.67. The molecule has 1 aliphatic rings. The Labute approximate surface area is 96.0 Å². The molecule has 1 fully saturated rings. The molecule has 1 aromatic heterocycles. The van der Waals surface area contributed by atoms with Gasteiger partial charge in [-0.1, -0.05) is 11.6 Å². The van der Waals surface area contributed by atoms with Gasteiger partial charge >= 0.3 is 0 Å². The maximum absolute atomic E-state index is 13.5. The standard InChI is InChI=1S/C10H10ClF3N2/c11-7-3-8(12)10(15-4-7)16-2-1-6(5-16)9(13)14/h3-4,6,9H,1-2,5H2. The second-order valence-electron chi connectivity index (χ2n) is 3.79. The lowest BCUT2D eigenvalue weighted by molar-refractivity contribution is 0.0879. The molecule has 1 aliphatic heterocycles. The Hall–Kier alpha value is -0.970. The van der Waals surface area contributed by atoms with Gasteiger partial charge in [-0.25, -0.2) is 18.2 Å². The Bertz CT molecular complexity index is 386. The van der Waals surface area contributed by atoms with Gasteiger partial charge < -0.3 is 4.90 Å². The molecule has 1 atom stereocenters. The van der Waals surface area contributed by atoms with Crippen molar-refractivity contribution < 1.29 is 13.2 Å². The Balaban J connectivity index is 2.14. The number of halogens is 4. The van der Waals surface area contributed by atoms with Crippen LogP contribution in [0.1, 0.15) is 6.42 Å². The predicted octanol–water partition coefficient (Wildman–Crippen LogP) is 2.97. The minimum absolute atomic E-state index is 0.104. The van der Waals surface area contributed by atoms with Gasteiger partial charge in [0.25, 0.3) is 0 Å². The molecule has 16 heavy (non-hydrogen) atoms. The molecule has 88 valence electrons. The fourth-order valence-electron chi connectivity index (χ4n) is 1.83. The van der Waals surface area contributed by atoms with Crippen LogP contribution in [0.4, 0.5) is 19.0 Å². The predicted molar refractivity (Wildman–Crippen MR) is 55.5 cm³/mol. The van der Waals surface area contributed by atoms with Crippen molar-refractivity contribution in [3.63, 3.8) is 0 Å². The summed E-state index contributed by atoms with van der Waals surface area (Å²) in [7, 11) is 0. The molecule has 0 saturated carbocycles. The lowest BCUT2D eigenvalue weighted by Crippen LogP contribution is -2.23. The molecule has 1 saturated heterocycles. The lowest BCUT2D eigenvalue weighted by Gasteiger charge is -2.17. The van der Waals surface area contributed by atoms with Gasteiger partial charge in [-0.15, -0.1) is 0 Å². The van der Waals surface area contributed by atoms with E-state index in [9.17, 15) is 13.2 Å². The van der Waals surface area contributed by atoms with Gasteiger partial charge in [0.05, 0.1) is 5.02 Å². The second-order valence-corrected chi connectivity index (χ2v) is 4.22. The lowest BCUT2D eigenvalue weighted by atomic mass is 10.1. The van der Waals surface area contributed by atoms with Gasteiger partial charge in [0, 0.05) is 25.2 Å². The average molecular weight is 251 g/mol. The number of hydrogen-bond acceptors (Lipinski definition) is 2. The van der Waals surface area contributed by atoms with Crippen LogP contribution in [-0.4, -0.2) is 24.5 Å². The van der Waals surface area contributed by atoms with Crippen LogP contribution in [0.15, 0.2) is 12.3 Å². The highest BCUT2D eigenvalue weighted by molar-refractivity contribution is 6.30. The minimum atomic E-state index is -2.36. The number of nitrogens with zero attached hydrogens (tertiary/aromatic N) is 2. The van der Waals surface area contributed by atoms with E-state index in [1.807, 2.05) is 0 Å². The second kappa shape index (κ2) is 4.49. The highest BCUT2D eigenvalue weighted by Gasteiger charge is 2.31. The van der Waals surface area contributed by atoms with E-state index in [1.165, 1.54) is 11.1 Å². The van der Waals surface area contributed by atoms with Gasteiger partial charge in [0.1, 0.15) is 0 Å². The van der Waals surface area contributed by atoms with Crippen LogP contribution < -0.4 is 4.90 Å². The maximum Gasteiger partial charge on any atom is 0.243 e. The summed E-state index contributed by atoms with van der Waals surface area (Å²) >= 11 is 5.56. The minimum Gasteiger partial charge on any atom is -0.354 e. The van der Waals surface area contributed by atoms with Gasteiger partial charge in [0.2, 0.25) is 6.43 Å². The first-order valence-electron chi connectivity index (χ1n) is 4.92.